The molecular formula is C22H27FN7O+. The normalized spacial score (nSPS) is 14.5. The molecule has 3 aromatic rings. The highest BCUT2D eigenvalue weighted by atomic mass is 19.1. The van der Waals surface area contributed by atoms with Gasteiger partial charge in [-0.05, 0) is 48.9 Å². The number of aryl methyl sites for hydroxylation is 1. The molecule has 0 saturated carbocycles. The topological polar surface area (TPSA) is 93.6 Å². The molecule has 0 bridgehead atoms. The minimum Gasteiger partial charge on any atom is -0.495 e. The Labute approximate surface area is 180 Å². The van der Waals surface area contributed by atoms with Gasteiger partial charge in [-0.25, -0.2) is 4.39 Å². The number of piperazine rings is 1. The standard InChI is InChI=1S/C22H26FN7O/c1-15-3-8-19(31-2)18(13-15)25-22-27-20(26-21(24)28-22)14-29-9-11-30(12-10-29)17-6-4-16(23)5-7-17/h3-8,13H,9-12,14H2,1-2H3,(H3,24,25,26,27,28)/p+1. The van der Waals surface area contributed by atoms with Crippen LogP contribution in [-0.4, -0.2) is 48.2 Å². The Bertz CT molecular complexity index is 1040. The van der Waals surface area contributed by atoms with Gasteiger partial charge in [0.05, 0.1) is 39.0 Å². The molecular weight excluding hydrogens is 397 g/mol. The van der Waals surface area contributed by atoms with Crippen molar-refractivity contribution >= 4 is 23.3 Å². The first-order valence-corrected chi connectivity index (χ1v) is 10.3. The van der Waals surface area contributed by atoms with E-state index in [1.165, 1.54) is 17.0 Å². The summed E-state index contributed by atoms with van der Waals surface area (Å²) < 4.78 is 18.6. The van der Waals surface area contributed by atoms with Crippen molar-refractivity contribution in [2.45, 2.75) is 13.5 Å². The summed E-state index contributed by atoms with van der Waals surface area (Å²) in [7, 11) is 1.62. The van der Waals surface area contributed by atoms with Crippen LogP contribution in [0.2, 0.25) is 0 Å². The second-order valence-electron chi connectivity index (χ2n) is 7.65. The van der Waals surface area contributed by atoms with E-state index in [1.807, 2.05) is 37.3 Å². The Morgan fingerprint density at radius 3 is 2.55 bits per heavy atom. The Morgan fingerprint density at radius 1 is 1.10 bits per heavy atom. The van der Waals surface area contributed by atoms with Gasteiger partial charge in [0, 0.05) is 5.69 Å². The SMILES string of the molecule is COc1ccc(C)cc1Nc1nc(N)nc(C[NH+]2CCN(c3ccc(F)cc3)CC2)n1. The predicted molar refractivity (Wildman–Crippen MR) is 118 cm³/mol. The molecule has 162 valence electrons. The lowest BCUT2D eigenvalue weighted by Gasteiger charge is -2.33. The molecule has 0 spiro atoms. The highest BCUT2D eigenvalue weighted by Gasteiger charge is 2.22. The molecule has 1 saturated heterocycles. The van der Waals surface area contributed by atoms with E-state index in [2.05, 4.69) is 25.2 Å². The minimum atomic E-state index is -0.215. The molecule has 2 heterocycles. The van der Waals surface area contributed by atoms with Gasteiger partial charge in [-0.2, -0.15) is 15.0 Å². The molecule has 31 heavy (non-hydrogen) atoms. The highest BCUT2D eigenvalue weighted by Crippen LogP contribution is 2.27. The summed E-state index contributed by atoms with van der Waals surface area (Å²) in [6.07, 6.45) is 0. The van der Waals surface area contributed by atoms with Crippen LogP contribution >= 0.6 is 0 Å². The smallest absolute Gasteiger partial charge is 0.232 e. The van der Waals surface area contributed by atoms with E-state index in [-0.39, 0.29) is 11.8 Å². The van der Waals surface area contributed by atoms with Gasteiger partial charge in [0.25, 0.3) is 0 Å². The number of nitrogens with zero attached hydrogens (tertiary/aromatic N) is 4. The fourth-order valence-corrected chi connectivity index (χ4v) is 3.75. The molecule has 0 atom stereocenters. The molecule has 1 aliphatic heterocycles. The summed E-state index contributed by atoms with van der Waals surface area (Å²) in [5, 5.41) is 3.20. The number of benzene rings is 2. The molecule has 0 amide bonds. The molecule has 4 rings (SSSR count). The quantitative estimate of drug-likeness (QED) is 0.553. The molecule has 9 heteroatoms. The van der Waals surface area contributed by atoms with Crippen molar-refractivity contribution in [2.24, 2.45) is 0 Å². The number of nitrogens with two attached hydrogens (primary N) is 1. The van der Waals surface area contributed by atoms with Crippen LogP contribution in [0.5, 0.6) is 5.75 Å². The summed E-state index contributed by atoms with van der Waals surface area (Å²) in [5.41, 5.74) is 8.86. The number of aromatic nitrogens is 3. The van der Waals surface area contributed by atoms with Crippen molar-refractivity contribution in [3.8, 4) is 5.75 Å². The number of hydrogen-bond acceptors (Lipinski definition) is 7. The number of hydrogen-bond donors (Lipinski definition) is 3. The Kier molecular flexibility index (Phi) is 6.13. The van der Waals surface area contributed by atoms with Gasteiger partial charge in [0.15, 0.2) is 5.82 Å². The number of ether oxygens (including phenoxy) is 1. The Morgan fingerprint density at radius 2 is 1.84 bits per heavy atom. The van der Waals surface area contributed by atoms with Crippen LogP contribution in [0.15, 0.2) is 42.5 Å². The number of rotatable bonds is 6. The molecule has 2 aromatic carbocycles. The maximum absolute atomic E-state index is 13.2. The van der Waals surface area contributed by atoms with Crippen LogP contribution in [0, 0.1) is 12.7 Å². The van der Waals surface area contributed by atoms with Gasteiger partial charge in [-0.3, -0.25) is 0 Å². The zero-order chi connectivity index (χ0) is 21.8. The zero-order valence-electron chi connectivity index (χ0n) is 17.7. The van der Waals surface area contributed by atoms with Crippen LogP contribution in [0.3, 0.4) is 0 Å². The fraction of sp³-hybridized carbons (Fsp3) is 0.318. The number of methoxy groups -OCH3 is 1. The lowest BCUT2D eigenvalue weighted by molar-refractivity contribution is -0.915. The average molecular weight is 425 g/mol. The third kappa shape index (κ3) is 5.18. The maximum Gasteiger partial charge on any atom is 0.232 e. The van der Waals surface area contributed by atoms with E-state index >= 15 is 0 Å². The fourth-order valence-electron chi connectivity index (χ4n) is 3.75. The van der Waals surface area contributed by atoms with Crippen LogP contribution in [0.4, 0.5) is 27.7 Å². The van der Waals surface area contributed by atoms with Crippen molar-refractivity contribution < 1.29 is 14.0 Å². The monoisotopic (exact) mass is 424 g/mol. The molecule has 1 aromatic heterocycles. The highest BCUT2D eigenvalue weighted by molar-refractivity contribution is 5.63. The summed E-state index contributed by atoms with van der Waals surface area (Å²) in [5.74, 6) is 1.72. The number of nitrogens with one attached hydrogen (secondary N) is 2. The second-order valence-corrected chi connectivity index (χ2v) is 7.65. The van der Waals surface area contributed by atoms with Crippen molar-refractivity contribution in [3.63, 3.8) is 0 Å². The Hall–Kier alpha value is -3.46. The molecule has 4 N–H and O–H groups in total. The molecule has 0 radical (unpaired) electrons. The van der Waals surface area contributed by atoms with Crippen molar-refractivity contribution in [2.75, 3.05) is 49.2 Å². The lowest BCUT2D eigenvalue weighted by atomic mass is 10.2. The lowest BCUT2D eigenvalue weighted by Crippen LogP contribution is -3.13. The van der Waals surface area contributed by atoms with Gasteiger partial charge in [0.2, 0.25) is 11.9 Å². The van der Waals surface area contributed by atoms with Crippen molar-refractivity contribution in [1.29, 1.82) is 0 Å². The van der Waals surface area contributed by atoms with Gasteiger partial charge < -0.3 is 25.6 Å². The molecule has 1 aliphatic rings. The first-order valence-electron chi connectivity index (χ1n) is 10.3. The zero-order valence-corrected chi connectivity index (χ0v) is 17.7. The minimum absolute atomic E-state index is 0.184. The first kappa shape index (κ1) is 20.8. The maximum atomic E-state index is 13.2. The number of quaternary nitrogens is 1. The van der Waals surface area contributed by atoms with Crippen LogP contribution in [0.25, 0.3) is 0 Å². The number of halogens is 1. The largest absolute Gasteiger partial charge is 0.495 e. The van der Waals surface area contributed by atoms with Crippen LogP contribution in [-0.2, 0) is 6.54 Å². The number of nitrogen functional groups attached to an aromatic ring is 1. The van der Waals surface area contributed by atoms with Gasteiger partial charge >= 0.3 is 0 Å². The Balaban J connectivity index is 1.41. The first-order chi connectivity index (χ1) is 15.0. The predicted octanol–water partition coefficient (Wildman–Crippen LogP) is 1.56. The average Bonchev–Trinajstić information content (AvgIpc) is 2.75. The molecule has 0 unspecified atom stereocenters. The van der Waals surface area contributed by atoms with E-state index in [9.17, 15) is 4.39 Å². The third-order valence-electron chi connectivity index (χ3n) is 5.37. The summed E-state index contributed by atoms with van der Waals surface area (Å²) in [6.45, 7) is 6.28. The second kappa shape index (κ2) is 9.13. The van der Waals surface area contributed by atoms with E-state index < -0.39 is 0 Å². The number of anilines is 4. The summed E-state index contributed by atoms with van der Waals surface area (Å²) in [4.78, 5) is 16.8. The molecule has 1 fully saturated rings. The van der Waals surface area contributed by atoms with Crippen LogP contribution in [0.1, 0.15) is 11.4 Å². The van der Waals surface area contributed by atoms with Crippen molar-refractivity contribution in [3.05, 3.63) is 59.7 Å². The van der Waals surface area contributed by atoms with E-state index in [1.54, 1.807) is 7.11 Å². The van der Waals surface area contributed by atoms with Crippen LogP contribution < -0.4 is 25.6 Å². The van der Waals surface area contributed by atoms with E-state index in [0.717, 1.165) is 43.1 Å². The molecule has 0 aliphatic carbocycles. The van der Waals surface area contributed by atoms with Gasteiger partial charge in [-0.15, -0.1) is 0 Å². The van der Waals surface area contributed by atoms with E-state index in [4.69, 9.17) is 10.5 Å². The summed E-state index contributed by atoms with van der Waals surface area (Å²) >= 11 is 0. The van der Waals surface area contributed by atoms with Crippen molar-refractivity contribution in [1.82, 2.24) is 15.0 Å². The van der Waals surface area contributed by atoms with Gasteiger partial charge in [0.1, 0.15) is 18.1 Å². The summed E-state index contributed by atoms with van der Waals surface area (Å²) in [6, 6.07) is 12.5. The molecule has 8 nitrogen and oxygen atoms in total. The third-order valence-corrected chi connectivity index (χ3v) is 5.37. The van der Waals surface area contributed by atoms with E-state index in [0.29, 0.717) is 24.1 Å². The van der Waals surface area contributed by atoms with Gasteiger partial charge in [-0.1, -0.05) is 6.07 Å².